The molecule has 0 saturated carbocycles. The van der Waals surface area contributed by atoms with E-state index in [0.29, 0.717) is 19.4 Å². The zero-order chi connectivity index (χ0) is 47.7. The Labute approximate surface area is 414 Å². The highest BCUT2D eigenvalue weighted by Crippen LogP contribution is 2.17. The first-order valence-corrected chi connectivity index (χ1v) is 30.2. The maximum Gasteiger partial charge on any atom is 0.305 e. The van der Waals surface area contributed by atoms with Gasteiger partial charge in [0.2, 0.25) is 0 Å². The van der Waals surface area contributed by atoms with Crippen LogP contribution < -0.4 is 0 Å². The van der Waals surface area contributed by atoms with Crippen LogP contribution in [0.5, 0.6) is 0 Å². The number of ether oxygens (including phenoxy) is 3. The Balaban J connectivity index is 4.18. The topological polar surface area (TPSA) is 61.8 Å². The maximum atomic E-state index is 12.7. The molecule has 0 radical (unpaired) electrons. The van der Waals surface area contributed by atoms with Crippen LogP contribution in [0.3, 0.4) is 0 Å². The van der Waals surface area contributed by atoms with E-state index in [1.807, 2.05) is 0 Å². The van der Waals surface area contributed by atoms with Crippen molar-refractivity contribution < 1.29 is 23.8 Å². The molecule has 0 unspecified atom stereocenters. The van der Waals surface area contributed by atoms with Crippen molar-refractivity contribution in [1.82, 2.24) is 0 Å². The molecule has 0 rings (SSSR count). The van der Waals surface area contributed by atoms with Crippen molar-refractivity contribution in [3.63, 3.8) is 0 Å². The highest BCUT2D eigenvalue weighted by molar-refractivity contribution is 5.69. The molecule has 1 atom stereocenters. The zero-order valence-electron chi connectivity index (χ0n) is 45.2. The number of hydrogen-bond donors (Lipinski definition) is 0. The summed E-state index contributed by atoms with van der Waals surface area (Å²) in [5, 5.41) is 0. The number of rotatable bonds is 57. The number of carbonyl (C=O) groups excluding carboxylic acids is 2. The van der Waals surface area contributed by atoms with Gasteiger partial charge >= 0.3 is 11.9 Å². The molecule has 66 heavy (non-hydrogen) atoms. The number of carbonyl (C=O) groups is 2. The Bertz CT molecular complexity index is 963. The smallest absolute Gasteiger partial charge is 0.305 e. The summed E-state index contributed by atoms with van der Waals surface area (Å²) in [4.78, 5) is 25.3. The van der Waals surface area contributed by atoms with Gasteiger partial charge in [-0.25, -0.2) is 0 Å². The maximum absolute atomic E-state index is 12.7. The molecular weight excluding hydrogens is 813 g/mol. The van der Waals surface area contributed by atoms with Crippen LogP contribution in [0, 0.1) is 0 Å². The van der Waals surface area contributed by atoms with Gasteiger partial charge in [0.05, 0.1) is 0 Å². The van der Waals surface area contributed by atoms with Crippen molar-refractivity contribution in [2.24, 2.45) is 0 Å². The van der Waals surface area contributed by atoms with Crippen LogP contribution in [-0.4, -0.2) is 37.9 Å². The van der Waals surface area contributed by atoms with Gasteiger partial charge in [0.1, 0.15) is 19.3 Å². The number of esters is 2. The zero-order valence-corrected chi connectivity index (χ0v) is 45.2. The van der Waals surface area contributed by atoms with E-state index in [-0.39, 0.29) is 25.2 Å². The lowest BCUT2D eigenvalue weighted by Crippen LogP contribution is -2.29. The monoisotopic (exact) mass is 931 g/mol. The number of unbranched alkanes of at least 4 members (excludes halogenated alkanes) is 44. The summed E-state index contributed by atoms with van der Waals surface area (Å²) >= 11 is 0. The normalized spacial score (nSPS) is 12.1. The predicted molar refractivity (Wildman–Crippen MR) is 289 cm³/mol. The quantitative estimate of drug-likeness (QED) is 0.0345. The minimum atomic E-state index is -0.393. The summed E-state index contributed by atoms with van der Waals surface area (Å²) < 4.78 is 17.5. The Kier molecular flexibility index (Phi) is 56.8. The highest BCUT2D eigenvalue weighted by atomic mass is 16.6. The molecule has 0 aromatic carbocycles. The Hall–Kier alpha value is -1.36. The van der Waals surface area contributed by atoms with Gasteiger partial charge in [0, 0.05) is 19.4 Å². The standard InChI is InChI=1S/C61H118O5/c1-4-7-10-13-16-19-22-25-28-30-31-32-34-37-40-43-46-49-52-55-61(63)66-58-59(64-56-53-50-47-44-41-38-35-29-26-23-20-17-14-11-8-5-2)57-65-60(62)54-51-48-45-42-39-36-33-27-24-21-18-15-12-9-6-3/h21,24,59H,4-20,22-23,25-58H2,1-3H3/b24-21-/t59-/m1/s1. The SMILES string of the molecule is CCCCCC/C=C\CCCCCCCCCC(=O)OC[C@H](COC(=O)CCCCCCCCCCCCCCCCCCCCC)OCCCCCCCCCCCCCCCCCC. The molecule has 0 saturated heterocycles. The molecule has 5 heteroatoms. The minimum Gasteiger partial charge on any atom is -0.463 e. The van der Waals surface area contributed by atoms with E-state index < -0.39 is 6.10 Å². The first kappa shape index (κ1) is 64.6. The summed E-state index contributed by atoms with van der Waals surface area (Å²) in [6, 6.07) is 0. The summed E-state index contributed by atoms with van der Waals surface area (Å²) in [5.41, 5.74) is 0. The molecule has 0 bridgehead atoms. The summed E-state index contributed by atoms with van der Waals surface area (Å²) in [6.45, 7) is 7.80. The van der Waals surface area contributed by atoms with Crippen LogP contribution >= 0.6 is 0 Å². The molecule has 0 aliphatic heterocycles. The molecule has 0 aromatic rings. The van der Waals surface area contributed by atoms with Crippen molar-refractivity contribution in [2.45, 2.75) is 348 Å². The van der Waals surface area contributed by atoms with Gasteiger partial charge < -0.3 is 14.2 Å². The largest absolute Gasteiger partial charge is 0.463 e. The number of allylic oxidation sites excluding steroid dienone is 2. The third-order valence-electron chi connectivity index (χ3n) is 13.8. The Morgan fingerprint density at radius 3 is 0.818 bits per heavy atom. The van der Waals surface area contributed by atoms with E-state index in [4.69, 9.17) is 14.2 Å². The molecule has 0 heterocycles. The van der Waals surface area contributed by atoms with E-state index in [2.05, 4.69) is 32.9 Å². The predicted octanol–water partition coefficient (Wildman–Crippen LogP) is 20.6. The van der Waals surface area contributed by atoms with Crippen molar-refractivity contribution in [3.05, 3.63) is 12.2 Å². The Morgan fingerprint density at radius 1 is 0.303 bits per heavy atom. The average Bonchev–Trinajstić information content (AvgIpc) is 3.32. The third kappa shape index (κ3) is 55.2. The molecule has 0 aliphatic rings. The van der Waals surface area contributed by atoms with Crippen molar-refractivity contribution in [1.29, 1.82) is 0 Å². The molecule has 0 amide bonds. The summed E-state index contributed by atoms with van der Waals surface area (Å²) in [7, 11) is 0. The van der Waals surface area contributed by atoms with Crippen LogP contribution in [0.2, 0.25) is 0 Å². The molecular formula is C61H118O5. The van der Waals surface area contributed by atoms with Crippen LogP contribution in [0.1, 0.15) is 342 Å². The third-order valence-corrected chi connectivity index (χ3v) is 13.8. The molecule has 0 N–H and O–H groups in total. The van der Waals surface area contributed by atoms with Gasteiger partial charge in [-0.3, -0.25) is 9.59 Å². The second-order valence-corrected chi connectivity index (χ2v) is 20.6. The molecule has 0 aromatic heterocycles. The van der Waals surface area contributed by atoms with Crippen molar-refractivity contribution >= 4 is 11.9 Å². The van der Waals surface area contributed by atoms with Crippen LogP contribution in [0.25, 0.3) is 0 Å². The van der Waals surface area contributed by atoms with Gasteiger partial charge in [-0.05, 0) is 44.9 Å². The van der Waals surface area contributed by atoms with Gasteiger partial charge in [-0.2, -0.15) is 0 Å². The lowest BCUT2D eigenvalue weighted by molar-refractivity contribution is -0.155. The van der Waals surface area contributed by atoms with E-state index in [1.54, 1.807) is 0 Å². The summed E-state index contributed by atoms with van der Waals surface area (Å²) in [6.07, 6.45) is 68.3. The first-order chi connectivity index (χ1) is 32.6. The van der Waals surface area contributed by atoms with Gasteiger partial charge in [-0.15, -0.1) is 0 Å². The van der Waals surface area contributed by atoms with E-state index >= 15 is 0 Å². The highest BCUT2D eigenvalue weighted by Gasteiger charge is 2.16. The van der Waals surface area contributed by atoms with Crippen molar-refractivity contribution in [2.75, 3.05) is 19.8 Å². The van der Waals surface area contributed by atoms with Gasteiger partial charge in [0.15, 0.2) is 0 Å². The van der Waals surface area contributed by atoms with E-state index in [9.17, 15) is 9.59 Å². The molecule has 392 valence electrons. The second-order valence-electron chi connectivity index (χ2n) is 20.6. The van der Waals surface area contributed by atoms with E-state index in [1.165, 1.54) is 270 Å². The fourth-order valence-corrected chi connectivity index (χ4v) is 9.25. The first-order valence-electron chi connectivity index (χ1n) is 30.2. The minimum absolute atomic E-state index is 0.154. The lowest BCUT2D eigenvalue weighted by Gasteiger charge is -2.18. The van der Waals surface area contributed by atoms with Gasteiger partial charge in [-0.1, -0.05) is 296 Å². The Morgan fingerprint density at radius 2 is 0.530 bits per heavy atom. The molecule has 0 aliphatic carbocycles. The van der Waals surface area contributed by atoms with Crippen LogP contribution in [-0.2, 0) is 23.8 Å². The molecule has 0 fully saturated rings. The van der Waals surface area contributed by atoms with Crippen LogP contribution in [0.15, 0.2) is 12.2 Å². The lowest BCUT2D eigenvalue weighted by atomic mass is 10.0. The fraction of sp³-hybridized carbons (Fsp3) is 0.934. The molecule has 5 nitrogen and oxygen atoms in total. The van der Waals surface area contributed by atoms with Crippen molar-refractivity contribution in [3.8, 4) is 0 Å². The second kappa shape index (κ2) is 58.0. The van der Waals surface area contributed by atoms with Crippen LogP contribution in [0.4, 0.5) is 0 Å². The number of hydrogen-bond acceptors (Lipinski definition) is 5. The molecule has 0 spiro atoms. The van der Waals surface area contributed by atoms with E-state index in [0.717, 1.165) is 38.5 Å². The van der Waals surface area contributed by atoms with Gasteiger partial charge in [0.25, 0.3) is 0 Å². The average molecular weight is 932 g/mol. The fourth-order valence-electron chi connectivity index (χ4n) is 9.25. The summed E-state index contributed by atoms with van der Waals surface area (Å²) in [5.74, 6) is -0.313.